The van der Waals surface area contributed by atoms with E-state index in [2.05, 4.69) is 46.9 Å². The summed E-state index contributed by atoms with van der Waals surface area (Å²) in [6.07, 6.45) is 7.91. The maximum absolute atomic E-state index is 10.6. The van der Waals surface area contributed by atoms with Crippen molar-refractivity contribution < 1.29 is 9.90 Å². The topological polar surface area (TPSA) is 40.5 Å². The van der Waals surface area contributed by atoms with Gasteiger partial charge in [-0.25, -0.2) is 4.79 Å². The standard InChI is InChI=1S/C17H22BrNO2/c1-12-4-3-5-14(10-12)19(2)15-8-6-13(16(18)11-15)7-9-17(20)21/h6-9,11-12,14H,3-5,10H2,1-2H3,(H,20,21)/b9-7+. The van der Waals surface area contributed by atoms with Crippen LogP contribution in [0.5, 0.6) is 0 Å². The van der Waals surface area contributed by atoms with E-state index in [4.69, 9.17) is 5.11 Å². The highest BCUT2D eigenvalue weighted by atomic mass is 79.9. The number of rotatable bonds is 4. The van der Waals surface area contributed by atoms with Crippen molar-refractivity contribution in [1.29, 1.82) is 0 Å². The number of hydrogen-bond acceptors (Lipinski definition) is 2. The normalized spacial score (nSPS) is 22.4. The van der Waals surface area contributed by atoms with Crippen LogP contribution < -0.4 is 4.90 Å². The highest BCUT2D eigenvalue weighted by Gasteiger charge is 2.22. The predicted molar refractivity (Wildman–Crippen MR) is 90.6 cm³/mol. The number of halogens is 1. The van der Waals surface area contributed by atoms with E-state index in [0.717, 1.165) is 22.0 Å². The highest BCUT2D eigenvalue weighted by Crippen LogP contribution is 2.31. The summed E-state index contributed by atoms with van der Waals surface area (Å²) in [5.74, 6) is -0.133. The lowest BCUT2D eigenvalue weighted by molar-refractivity contribution is -0.131. The van der Waals surface area contributed by atoms with Crippen molar-refractivity contribution >= 4 is 33.7 Å². The Morgan fingerprint density at radius 3 is 2.81 bits per heavy atom. The first-order valence-electron chi connectivity index (χ1n) is 7.40. The fourth-order valence-corrected chi connectivity index (χ4v) is 3.50. The first-order valence-corrected chi connectivity index (χ1v) is 8.20. The number of carbonyl (C=O) groups is 1. The minimum Gasteiger partial charge on any atom is -0.478 e. The number of nitrogens with zero attached hydrogens (tertiary/aromatic N) is 1. The molecular formula is C17H22BrNO2. The van der Waals surface area contributed by atoms with Crippen LogP contribution in [0.15, 0.2) is 28.7 Å². The highest BCUT2D eigenvalue weighted by molar-refractivity contribution is 9.10. The fourth-order valence-electron chi connectivity index (χ4n) is 3.00. The summed E-state index contributed by atoms with van der Waals surface area (Å²) in [5, 5.41) is 8.69. The van der Waals surface area contributed by atoms with Crippen LogP contribution in [0.2, 0.25) is 0 Å². The van der Waals surface area contributed by atoms with E-state index in [9.17, 15) is 4.79 Å². The summed E-state index contributed by atoms with van der Waals surface area (Å²) in [6, 6.07) is 6.69. The average molecular weight is 352 g/mol. The fraction of sp³-hybridized carbons (Fsp3) is 0.471. The van der Waals surface area contributed by atoms with Gasteiger partial charge in [-0.05, 0) is 42.5 Å². The molecule has 0 aromatic heterocycles. The average Bonchev–Trinajstić information content (AvgIpc) is 2.45. The van der Waals surface area contributed by atoms with Crippen LogP contribution >= 0.6 is 15.9 Å². The zero-order valence-electron chi connectivity index (χ0n) is 12.6. The quantitative estimate of drug-likeness (QED) is 0.808. The van der Waals surface area contributed by atoms with Gasteiger partial charge in [0.15, 0.2) is 0 Å². The van der Waals surface area contributed by atoms with E-state index in [0.29, 0.717) is 6.04 Å². The predicted octanol–water partition coefficient (Wildman–Crippen LogP) is 4.56. The minimum absolute atomic E-state index is 0.598. The molecule has 0 spiro atoms. The van der Waals surface area contributed by atoms with E-state index in [-0.39, 0.29) is 0 Å². The SMILES string of the molecule is CC1CCCC(N(C)c2ccc(/C=C/C(=O)O)c(Br)c2)C1. The van der Waals surface area contributed by atoms with Crippen molar-refractivity contribution in [2.24, 2.45) is 5.92 Å². The molecule has 1 aromatic rings. The van der Waals surface area contributed by atoms with E-state index < -0.39 is 5.97 Å². The molecule has 2 atom stereocenters. The van der Waals surface area contributed by atoms with Crippen LogP contribution in [0.1, 0.15) is 38.2 Å². The van der Waals surface area contributed by atoms with Crippen molar-refractivity contribution in [2.45, 2.75) is 38.6 Å². The van der Waals surface area contributed by atoms with Crippen molar-refractivity contribution in [1.82, 2.24) is 0 Å². The van der Waals surface area contributed by atoms with Gasteiger partial charge in [-0.2, -0.15) is 0 Å². The Morgan fingerprint density at radius 1 is 1.43 bits per heavy atom. The molecule has 0 amide bonds. The molecule has 0 saturated heterocycles. The second-order valence-corrected chi connectivity index (χ2v) is 6.77. The number of aliphatic carboxylic acids is 1. The molecule has 1 aromatic carbocycles. The summed E-state index contributed by atoms with van der Waals surface area (Å²) in [4.78, 5) is 12.9. The molecular weight excluding hydrogens is 330 g/mol. The molecule has 1 fully saturated rings. The smallest absolute Gasteiger partial charge is 0.328 e. The second kappa shape index (κ2) is 7.12. The molecule has 1 aliphatic carbocycles. The van der Waals surface area contributed by atoms with Crippen LogP contribution in [-0.2, 0) is 4.79 Å². The van der Waals surface area contributed by atoms with Crippen molar-refractivity contribution in [3.05, 3.63) is 34.3 Å². The van der Waals surface area contributed by atoms with Crippen LogP contribution in [0.3, 0.4) is 0 Å². The van der Waals surface area contributed by atoms with Crippen molar-refractivity contribution in [2.75, 3.05) is 11.9 Å². The van der Waals surface area contributed by atoms with Crippen LogP contribution in [-0.4, -0.2) is 24.2 Å². The molecule has 2 rings (SSSR count). The number of carboxylic acids is 1. The Balaban J connectivity index is 2.13. The first kappa shape index (κ1) is 16.1. The number of anilines is 1. The lowest BCUT2D eigenvalue weighted by atomic mass is 9.86. The van der Waals surface area contributed by atoms with Gasteiger partial charge in [0.05, 0.1) is 0 Å². The minimum atomic E-state index is -0.931. The molecule has 21 heavy (non-hydrogen) atoms. The van der Waals surface area contributed by atoms with E-state index >= 15 is 0 Å². The summed E-state index contributed by atoms with van der Waals surface area (Å²) in [7, 11) is 2.15. The van der Waals surface area contributed by atoms with Gasteiger partial charge in [0.1, 0.15) is 0 Å². The maximum Gasteiger partial charge on any atom is 0.328 e. The van der Waals surface area contributed by atoms with Crippen LogP contribution in [0, 0.1) is 5.92 Å². The van der Waals surface area contributed by atoms with Gasteiger partial charge in [0, 0.05) is 29.3 Å². The molecule has 4 heteroatoms. The third-order valence-corrected chi connectivity index (χ3v) is 4.94. The number of benzene rings is 1. The number of hydrogen-bond donors (Lipinski definition) is 1. The van der Waals surface area contributed by atoms with E-state index in [1.807, 2.05) is 6.07 Å². The largest absolute Gasteiger partial charge is 0.478 e. The first-order chi connectivity index (χ1) is 9.97. The Morgan fingerprint density at radius 2 is 2.19 bits per heavy atom. The van der Waals surface area contributed by atoms with Crippen molar-refractivity contribution in [3.63, 3.8) is 0 Å². The van der Waals surface area contributed by atoms with Crippen LogP contribution in [0.25, 0.3) is 6.08 Å². The molecule has 0 aliphatic heterocycles. The lowest BCUT2D eigenvalue weighted by Crippen LogP contribution is -2.35. The molecule has 3 nitrogen and oxygen atoms in total. The third kappa shape index (κ3) is 4.34. The molecule has 0 bridgehead atoms. The molecule has 1 N–H and O–H groups in total. The Labute approximate surface area is 134 Å². The van der Waals surface area contributed by atoms with Crippen LogP contribution in [0.4, 0.5) is 5.69 Å². The zero-order chi connectivity index (χ0) is 15.4. The van der Waals surface area contributed by atoms with Gasteiger partial charge in [0.25, 0.3) is 0 Å². The monoisotopic (exact) mass is 351 g/mol. The van der Waals surface area contributed by atoms with Gasteiger partial charge in [-0.1, -0.05) is 41.8 Å². The van der Waals surface area contributed by atoms with Gasteiger partial charge in [-0.3, -0.25) is 0 Å². The van der Waals surface area contributed by atoms with E-state index in [1.54, 1.807) is 6.08 Å². The molecule has 0 heterocycles. The Kier molecular flexibility index (Phi) is 5.45. The summed E-state index contributed by atoms with van der Waals surface area (Å²) in [6.45, 7) is 2.33. The summed E-state index contributed by atoms with van der Waals surface area (Å²) in [5.41, 5.74) is 2.06. The Bertz CT molecular complexity index is 542. The lowest BCUT2D eigenvalue weighted by Gasteiger charge is -2.35. The third-order valence-electron chi connectivity index (χ3n) is 4.25. The van der Waals surface area contributed by atoms with Gasteiger partial charge < -0.3 is 10.0 Å². The van der Waals surface area contributed by atoms with Gasteiger partial charge in [0.2, 0.25) is 0 Å². The Hall–Kier alpha value is -1.29. The maximum atomic E-state index is 10.6. The summed E-state index contributed by atoms with van der Waals surface area (Å²) < 4.78 is 0.924. The van der Waals surface area contributed by atoms with Gasteiger partial charge >= 0.3 is 5.97 Å². The molecule has 0 radical (unpaired) electrons. The molecule has 114 valence electrons. The van der Waals surface area contributed by atoms with Crippen molar-refractivity contribution in [3.8, 4) is 0 Å². The molecule has 2 unspecified atom stereocenters. The summed E-state index contributed by atoms with van der Waals surface area (Å²) >= 11 is 3.53. The second-order valence-electron chi connectivity index (χ2n) is 5.91. The zero-order valence-corrected chi connectivity index (χ0v) is 14.1. The van der Waals surface area contributed by atoms with E-state index in [1.165, 1.54) is 31.4 Å². The van der Waals surface area contributed by atoms with Gasteiger partial charge in [-0.15, -0.1) is 0 Å². The molecule has 1 aliphatic rings. The number of carboxylic acid groups (broad SMARTS) is 1. The molecule has 1 saturated carbocycles.